The number of hydrogen-bond donors (Lipinski definition) is 1. The van der Waals surface area contributed by atoms with Crippen molar-refractivity contribution in [1.82, 2.24) is 15.3 Å². The zero-order valence-corrected chi connectivity index (χ0v) is 18.0. The summed E-state index contributed by atoms with van der Waals surface area (Å²) in [4.78, 5) is 24.9. The lowest BCUT2D eigenvalue weighted by molar-refractivity contribution is -0.121. The van der Waals surface area contributed by atoms with Crippen LogP contribution in [0.4, 0.5) is 5.82 Å². The van der Waals surface area contributed by atoms with E-state index in [0.29, 0.717) is 35.4 Å². The highest BCUT2D eigenvalue weighted by molar-refractivity contribution is 5.88. The van der Waals surface area contributed by atoms with E-state index in [1.54, 1.807) is 0 Å². The van der Waals surface area contributed by atoms with Crippen LogP contribution >= 0.6 is 0 Å². The normalized spacial score (nSPS) is 19.6. The standard InChI is InChI=1S/C25H27N5O/c1-17-12-18(2)16-30(15-17)24-23(28-21-10-6-7-11-22(21)29-24)20(13-26)25(31)27-14-19-8-4-3-5-9-19/h3-11,17-18,20H,12,14-16H2,1-2H3,(H,27,31)/t17-,18+,20-/m0/s1. The van der Waals surface area contributed by atoms with E-state index in [0.717, 1.165) is 30.6 Å². The molecule has 1 saturated heterocycles. The number of piperidine rings is 1. The van der Waals surface area contributed by atoms with Crippen LogP contribution in [0.5, 0.6) is 0 Å². The number of para-hydroxylation sites is 2. The highest BCUT2D eigenvalue weighted by Crippen LogP contribution is 2.31. The monoisotopic (exact) mass is 413 g/mol. The van der Waals surface area contributed by atoms with Crippen LogP contribution in [0.1, 0.15) is 37.4 Å². The van der Waals surface area contributed by atoms with Gasteiger partial charge in [0.25, 0.3) is 0 Å². The van der Waals surface area contributed by atoms with Crippen LogP contribution in [-0.2, 0) is 11.3 Å². The van der Waals surface area contributed by atoms with Crippen molar-refractivity contribution in [2.45, 2.75) is 32.7 Å². The topological polar surface area (TPSA) is 81.9 Å². The number of carbonyl (C=O) groups is 1. The minimum Gasteiger partial charge on any atom is -0.355 e. The number of benzene rings is 2. The molecule has 6 heteroatoms. The molecule has 1 aliphatic rings. The maximum Gasteiger partial charge on any atom is 0.243 e. The minimum absolute atomic E-state index is 0.352. The number of amides is 1. The number of nitrogens with zero attached hydrogens (tertiary/aromatic N) is 4. The molecule has 31 heavy (non-hydrogen) atoms. The first kappa shape index (κ1) is 20.8. The van der Waals surface area contributed by atoms with Gasteiger partial charge in [-0.1, -0.05) is 56.3 Å². The first-order valence-corrected chi connectivity index (χ1v) is 10.8. The smallest absolute Gasteiger partial charge is 0.243 e. The Kier molecular flexibility index (Phi) is 6.13. The molecule has 0 saturated carbocycles. The van der Waals surface area contributed by atoms with Gasteiger partial charge in [0.1, 0.15) is 5.69 Å². The number of fused-ring (bicyclic) bond motifs is 1. The molecule has 0 bridgehead atoms. The van der Waals surface area contributed by atoms with Crippen molar-refractivity contribution in [1.29, 1.82) is 5.26 Å². The van der Waals surface area contributed by atoms with Gasteiger partial charge in [-0.3, -0.25) is 4.79 Å². The summed E-state index contributed by atoms with van der Waals surface area (Å²) in [5, 5.41) is 12.8. The van der Waals surface area contributed by atoms with Crippen molar-refractivity contribution in [2.75, 3.05) is 18.0 Å². The summed E-state index contributed by atoms with van der Waals surface area (Å²) >= 11 is 0. The Bertz CT molecular complexity index is 1100. The Morgan fingerprint density at radius 1 is 1.06 bits per heavy atom. The quantitative estimate of drug-likeness (QED) is 0.683. The van der Waals surface area contributed by atoms with Gasteiger partial charge in [-0.2, -0.15) is 5.26 Å². The highest BCUT2D eigenvalue weighted by atomic mass is 16.1. The molecule has 0 spiro atoms. The molecule has 2 heterocycles. The predicted octanol–water partition coefficient (Wildman–Crippen LogP) is 4.04. The molecule has 4 rings (SSSR count). The summed E-state index contributed by atoms with van der Waals surface area (Å²) in [6.45, 7) is 6.50. The molecule has 0 radical (unpaired) electrons. The molecule has 2 aromatic carbocycles. The number of anilines is 1. The Hall–Kier alpha value is -3.46. The van der Waals surface area contributed by atoms with Gasteiger partial charge in [0.05, 0.1) is 17.1 Å². The lowest BCUT2D eigenvalue weighted by atomic mass is 9.91. The van der Waals surface area contributed by atoms with Crippen LogP contribution in [0.25, 0.3) is 11.0 Å². The van der Waals surface area contributed by atoms with Crippen molar-refractivity contribution in [2.24, 2.45) is 11.8 Å². The molecule has 158 valence electrons. The third kappa shape index (κ3) is 4.66. The molecule has 1 fully saturated rings. The second kappa shape index (κ2) is 9.13. The van der Waals surface area contributed by atoms with Gasteiger partial charge < -0.3 is 10.2 Å². The Morgan fingerprint density at radius 2 is 1.68 bits per heavy atom. The molecule has 1 N–H and O–H groups in total. The second-order valence-corrected chi connectivity index (χ2v) is 8.54. The van der Waals surface area contributed by atoms with Crippen molar-refractivity contribution in [3.63, 3.8) is 0 Å². The van der Waals surface area contributed by atoms with Gasteiger partial charge in [0.2, 0.25) is 5.91 Å². The molecule has 3 atom stereocenters. The lowest BCUT2D eigenvalue weighted by Gasteiger charge is -2.36. The summed E-state index contributed by atoms with van der Waals surface area (Å²) in [5.41, 5.74) is 2.88. The predicted molar refractivity (Wildman–Crippen MR) is 121 cm³/mol. The van der Waals surface area contributed by atoms with E-state index in [-0.39, 0.29) is 5.91 Å². The second-order valence-electron chi connectivity index (χ2n) is 8.54. The zero-order chi connectivity index (χ0) is 21.8. The molecule has 0 aliphatic carbocycles. The summed E-state index contributed by atoms with van der Waals surface area (Å²) < 4.78 is 0. The SMILES string of the molecule is C[C@@H]1C[C@H](C)CN(c2nc3ccccc3nc2[C@H](C#N)C(=O)NCc2ccccc2)C1. The van der Waals surface area contributed by atoms with Gasteiger partial charge in [0, 0.05) is 19.6 Å². The number of hydrogen-bond acceptors (Lipinski definition) is 5. The van der Waals surface area contributed by atoms with E-state index in [2.05, 4.69) is 30.1 Å². The zero-order valence-electron chi connectivity index (χ0n) is 18.0. The van der Waals surface area contributed by atoms with Gasteiger partial charge >= 0.3 is 0 Å². The van der Waals surface area contributed by atoms with Crippen LogP contribution in [0.2, 0.25) is 0 Å². The summed E-state index contributed by atoms with van der Waals surface area (Å²) in [7, 11) is 0. The van der Waals surface area contributed by atoms with Gasteiger partial charge in [-0.15, -0.1) is 0 Å². The van der Waals surface area contributed by atoms with Crippen LogP contribution in [0.3, 0.4) is 0 Å². The fraction of sp³-hybridized carbons (Fsp3) is 0.360. The van der Waals surface area contributed by atoms with Crippen molar-refractivity contribution < 1.29 is 4.79 Å². The van der Waals surface area contributed by atoms with Crippen LogP contribution in [0.15, 0.2) is 54.6 Å². The summed E-state index contributed by atoms with van der Waals surface area (Å²) in [5.74, 6) is 0.298. The number of carbonyl (C=O) groups excluding carboxylic acids is 1. The first-order valence-electron chi connectivity index (χ1n) is 10.8. The van der Waals surface area contributed by atoms with Crippen molar-refractivity contribution in [3.05, 3.63) is 65.9 Å². The maximum absolute atomic E-state index is 13.0. The molecule has 1 aromatic heterocycles. The first-order chi connectivity index (χ1) is 15.0. The van der Waals surface area contributed by atoms with E-state index in [9.17, 15) is 10.1 Å². The third-order valence-electron chi connectivity index (χ3n) is 5.72. The Balaban J connectivity index is 1.69. The van der Waals surface area contributed by atoms with Crippen LogP contribution < -0.4 is 10.2 Å². The van der Waals surface area contributed by atoms with Gasteiger partial charge in [-0.25, -0.2) is 9.97 Å². The number of nitrogens with one attached hydrogen (secondary N) is 1. The molecular weight excluding hydrogens is 386 g/mol. The molecule has 6 nitrogen and oxygen atoms in total. The van der Waals surface area contributed by atoms with Gasteiger partial charge in [-0.05, 0) is 36.0 Å². The van der Waals surface area contributed by atoms with Crippen molar-refractivity contribution >= 4 is 22.8 Å². The Labute approximate surface area is 182 Å². The van der Waals surface area contributed by atoms with E-state index < -0.39 is 5.92 Å². The summed E-state index contributed by atoms with van der Waals surface area (Å²) in [6.07, 6.45) is 1.16. The fourth-order valence-corrected chi connectivity index (χ4v) is 4.40. The summed E-state index contributed by atoms with van der Waals surface area (Å²) in [6, 6.07) is 19.5. The highest BCUT2D eigenvalue weighted by Gasteiger charge is 2.31. The number of nitriles is 1. The minimum atomic E-state index is -1.02. The van der Waals surface area contributed by atoms with Crippen LogP contribution in [0, 0.1) is 23.2 Å². The average molecular weight is 414 g/mol. The maximum atomic E-state index is 13.0. The van der Waals surface area contributed by atoms with Gasteiger partial charge in [0.15, 0.2) is 11.7 Å². The molecule has 3 aromatic rings. The van der Waals surface area contributed by atoms with E-state index in [4.69, 9.17) is 9.97 Å². The molecule has 1 amide bonds. The van der Waals surface area contributed by atoms with Crippen LogP contribution in [-0.4, -0.2) is 29.0 Å². The fourth-order valence-electron chi connectivity index (χ4n) is 4.40. The molecular formula is C25H27N5O. The largest absolute Gasteiger partial charge is 0.355 e. The van der Waals surface area contributed by atoms with E-state index in [1.165, 1.54) is 0 Å². The number of aromatic nitrogens is 2. The molecule has 1 aliphatic heterocycles. The average Bonchev–Trinajstić information content (AvgIpc) is 2.78. The van der Waals surface area contributed by atoms with E-state index in [1.807, 2.05) is 54.6 Å². The third-order valence-corrected chi connectivity index (χ3v) is 5.72. The molecule has 0 unspecified atom stereocenters. The van der Waals surface area contributed by atoms with E-state index >= 15 is 0 Å². The lowest BCUT2D eigenvalue weighted by Crippen LogP contribution is -2.40. The van der Waals surface area contributed by atoms with Crippen molar-refractivity contribution in [3.8, 4) is 6.07 Å². The number of rotatable bonds is 5. The Morgan fingerprint density at radius 3 is 2.32 bits per heavy atom.